The first kappa shape index (κ1) is 7.66. The van der Waals surface area contributed by atoms with Crippen molar-refractivity contribution < 1.29 is 9.18 Å². The third-order valence-corrected chi connectivity index (χ3v) is 1.22. The van der Waals surface area contributed by atoms with E-state index in [2.05, 4.69) is 0 Å². The molecule has 0 aliphatic carbocycles. The minimum atomic E-state index is -0.754. The Bertz CT molecular complexity index is 264. The fourth-order valence-corrected chi connectivity index (χ4v) is 0.743. The van der Waals surface area contributed by atoms with Crippen LogP contribution in [-0.2, 0) is 4.79 Å². The van der Waals surface area contributed by atoms with E-state index in [4.69, 9.17) is 0 Å². The summed E-state index contributed by atoms with van der Waals surface area (Å²) in [6, 6.07) is 8.84. The van der Waals surface area contributed by atoms with E-state index < -0.39 is 5.83 Å². The van der Waals surface area contributed by atoms with Crippen LogP contribution in [0.3, 0.4) is 0 Å². The summed E-state index contributed by atoms with van der Waals surface area (Å²) >= 11 is 0. The fraction of sp³-hybridized carbons (Fsp3) is 0. The van der Waals surface area contributed by atoms with Gasteiger partial charge in [0.1, 0.15) is 0 Å². The Morgan fingerprint density at radius 3 is 2.45 bits per heavy atom. The van der Waals surface area contributed by atoms with Gasteiger partial charge in [-0.2, -0.15) is 0 Å². The average molecular weight is 150 g/mol. The molecular weight excluding hydrogens is 143 g/mol. The number of rotatable bonds is 2. The molecule has 1 aromatic rings. The van der Waals surface area contributed by atoms with Gasteiger partial charge in [0, 0.05) is 0 Å². The molecule has 1 rings (SSSR count). The molecule has 0 saturated carbocycles. The highest BCUT2D eigenvalue weighted by Crippen LogP contribution is 2.04. The van der Waals surface area contributed by atoms with Crippen molar-refractivity contribution in [1.82, 2.24) is 0 Å². The summed E-state index contributed by atoms with van der Waals surface area (Å²) in [6.45, 7) is 0. The lowest BCUT2D eigenvalue weighted by Crippen LogP contribution is -1.74. The topological polar surface area (TPSA) is 17.1 Å². The van der Waals surface area contributed by atoms with Crippen molar-refractivity contribution in [3.63, 3.8) is 0 Å². The molecule has 0 N–H and O–H groups in total. The van der Waals surface area contributed by atoms with Crippen molar-refractivity contribution in [1.29, 1.82) is 0 Å². The number of benzene rings is 1. The fourth-order valence-electron chi connectivity index (χ4n) is 0.743. The largest absolute Gasteiger partial charge is 0.295 e. The monoisotopic (exact) mass is 150 g/mol. The Hall–Kier alpha value is -1.44. The lowest BCUT2D eigenvalue weighted by Gasteiger charge is -1.88. The number of allylic oxidation sites excluding steroid dienone is 1. The Kier molecular flexibility index (Phi) is 2.55. The summed E-state index contributed by atoms with van der Waals surface area (Å²) in [6.07, 6.45) is 1.37. The molecule has 0 atom stereocenters. The highest BCUT2D eigenvalue weighted by molar-refractivity contribution is 5.78. The Labute approximate surface area is 64.2 Å². The Morgan fingerprint density at radius 1 is 1.27 bits per heavy atom. The molecule has 0 unspecified atom stereocenters. The van der Waals surface area contributed by atoms with Gasteiger partial charge in [-0.15, -0.1) is 0 Å². The minimum absolute atomic E-state index is 0.187. The number of hydrogen-bond acceptors (Lipinski definition) is 1. The molecule has 0 radical (unpaired) electrons. The second kappa shape index (κ2) is 3.66. The number of carbonyl (C=O) groups excluding carboxylic acids is 1. The molecule has 0 amide bonds. The van der Waals surface area contributed by atoms with Crippen LogP contribution >= 0.6 is 0 Å². The average Bonchev–Trinajstić information content (AvgIpc) is 2.06. The summed E-state index contributed by atoms with van der Waals surface area (Å²) in [5.74, 6) is -0.754. The minimum Gasteiger partial charge on any atom is -0.295 e. The zero-order chi connectivity index (χ0) is 8.10. The van der Waals surface area contributed by atoms with Crippen LogP contribution in [0.25, 0.3) is 6.08 Å². The van der Waals surface area contributed by atoms with Crippen molar-refractivity contribution in [2.45, 2.75) is 0 Å². The molecule has 0 bridgehead atoms. The second-order valence-corrected chi connectivity index (χ2v) is 2.06. The first-order valence-electron chi connectivity index (χ1n) is 3.20. The van der Waals surface area contributed by atoms with Gasteiger partial charge in [0.25, 0.3) is 0 Å². The summed E-state index contributed by atoms with van der Waals surface area (Å²) < 4.78 is 12.3. The van der Waals surface area contributed by atoms with Crippen molar-refractivity contribution in [2.24, 2.45) is 0 Å². The molecule has 11 heavy (non-hydrogen) atoms. The highest BCUT2D eigenvalue weighted by atomic mass is 19.1. The third-order valence-electron chi connectivity index (χ3n) is 1.22. The van der Waals surface area contributed by atoms with Crippen LogP contribution in [0.5, 0.6) is 0 Å². The number of aldehydes is 1. The zero-order valence-electron chi connectivity index (χ0n) is 5.83. The standard InChI is InChI=1S/C9H7FO/c10-9(7-11)6-8-4-2-1-3-5-8/h1-7H. The van der Waals surface area contributed by atoms with Gasteiger partial charge >= 0.3 is 0 Å². The zero-order valence-corrected chi connectivity index (χ0v) is 5.83. The van der Waals surface area contributed by atoms with Crippen LogP contribution in [-0.4, -0.2) is 6.29 Å². The van der Waals surface area contributed by atoms with Gasteiger partial charge in [0.05, 0.1) is 0 Å². The molecule has 1 nitrogen and oxygen atoms in total. The first-order valence-corrected chi connectivity index (χ1v) is 3.20. The van der Waals surface area contributed by atoms with Crippen LogP contribution in [0.4, 0.5) is 4.39 Å². The predicted molar refractivity (Wildman–Crippen MR) is 41.6 cm³/mol. The maximum atomic E-state index is 12.3. The quantitative estimate of drug-likeness (QED) is 0.466. The lowest BCUT2D eigenvalue weighted by molar-refractivity contribution is -0.106. The lowest BCUT2D eigenvalue weighted by atomic mass is 10.2. The Balaban J connectivity index is 2.87. The van der Waals surface area contributed by atoms with Crippen LogP contribution < -0.4 is 0 Å². The molecule has 0 fully saturated rings. The molecule has 2 heteroatoms. The van der Waals surface area contributed by atoms with E-state index in [1.165, 1.54) is 6.08 Å². The Morgan fingerprint density at radius 2 is 1.91 bits per heavy atom. The predicted octanol–water partition coefficient (Wildman–Crippen LogP) is 2.20. The first-order chi connectivity index (χ1) is 5.33. The maximum absolute atomic E-state index is 12.3. The molecule has 1 aromatic carbocycles. The molecule has 0 aliphatic rings. The highest BCUT2D eigenvalue weighted by Gasteiger charge is 1.89. The van der Waals surface area contributed by atoms with Crippen molar-refractivity contribution in [2.75, 3.05) is 0 Å². The van der Waals surface area contributed by atoms with Crippen LogP contribution in [0.1, 0.15) is 5.56 Å². The van der Waals surface area contributed by atoms with Crippen LogP contribution in [0, 0.1) is 0 Å². The maximum Gasteiger partial charge on any atom is 0.178 e. The van der Waals surface area contributed by atoms with Crippen molar-refractivity contribution in [3.05, 3.63) is 41.7 Å². The number of halogens is 1. The van der Waals surface area contributed by atoms with Crippen LogP contribution in [0.2, 0.25) is 0 Å². The van der Waals surface area contributed by atoms with E-state index in [0.717, 1.165) is 0 Å². The third kappa shape index (κ3) is 2.34. The summed E-state index contributed by atoms with van der Waals surface area (Å²) in [4.78, 5) is 9.87. The van der Waals surface area contributed by atoms with Crippen molar-refractivity contribution >= 4 is 12.4 Å². The molecule has 0 aliphatic heterocycles. The molecular formula is C9H7FO. The summed E-state index contributed by atoms with van der Waals surface area (Å²) in [5.41, 5.74) is 0.692. The molecule has 0 heterocycles. The van der Waals surface area contributed by atoms with E-state index in [-0.39, 0.29) is 6.29 Å². The van der Waals surface area contributed by atoms with Gasteiger partial charge in [-0.1, -0.05) is 30.3 Å². The number of hydrogen-bond donors (Lipinski definition) is 0. The van der Waals surface area contributed by atoms with Gasteiger partial charge in [-0.25, -0.2) is 4.39 Å². The van der Waals surface area contributed by atoms with E-state index in [9.17, 15) is 9.18 Å². The van der Waals surface area contributed by atoms with Gasteiger partial charge in [-0.05, 0) is 11.6 Å². The SMILES string of the molecule is O=CC(F)=Cc1ccccc1. The molecule has 56 valence electrons. The van der Waals surface area contributed by atoms with Gasteiger partial charge in [0.2, 0.25) is 0 Å². The molecule has 0 spiro atoms. The number of carbonyl (C=O) groups is 1. The van der Waals surface area contributed by atoms with Gasteiger partial charge in [-0.3, -0.25) is 4.79 Å². The van der Waals surface area contributed by atoms with Crippen molar-refractivity contribution in [3.8, 4) is 0 Å². The second-order valence-electron chi connectivity index (χ2n) is 2.06. The van der Waals surface area contributed by atoms with Gasteiger partial charge in [0.15, 0.2) is 12.1 Å². The van der Waals surface area contributed by atoms with E-state index in [0.29, 0.717) is 5.56 Å². The van der Waals surface area contributed by atoms with E-state index >= 15 is 0 Å². The normalized spacial score (nSPS) is 11.2. The summed E-state index contributed by atoms with van der Waals surface area (Å²) in [7, 11) is 0. The van der Waals surface area contributed by atoms with E-state index in [1.807, 2.05) is 6.07 Å². The van der Waals surface area contributed by atoms with Gasteiger partial charge < -0.3 is 0 Å². The van der Waals surface area contributed by atoms with Crippen LogP contribution in [0.15, 0.2) is 36.2 Å². The molecule has 0 saturated heterocycles. The molecule has 0 aromatic heterocycles. The smallest absolute Gasteiger partial charge is 0.178 e. The summed E-state index contributed by atoms with van der Waals surface area (Å²) in [5, 5.41) is 0. The van der Waals surface area contributed by atoms with E-state index in [1.54, 1.807) is 24.3 Å².